The first kappa shape index (κ1) is 15.0. The molecule has 0 aliphatic carbocycles. The number of methoxy groups -OCH3 is 1. The van der Waals surface area contributed by atoms with Gasteiger partial charge in [0.1, 0.15) is 6.61 Å². The molecule has 1 aromatic rings. The summed E-state index contributed by atoms with van der Waals surface area (Å²) in [4.78, 5) is 13.6. The van der Waals surface area contributed by atoms with E-state index >= 15 is 0 Å². The van der Waals surface area contributed by atoms with Crippen molar-refractivity contribution < 1.29 is 9.53 Å². The van der Waals surface area contributed by atoms with E-state index in [-0.39, 0.29) is 12.5 Å². The van der Waals surface area contributed by atoms with E-state index in [2.05, 4.69) is 36.5 Å². The predicted molar refractivity (Wildman–Crippen MR) is 79.5 cm³/mol. The van der Waals surface area contributed by atoms with Gasteiger partial charge in [-0.3, -0.25) is 4.79 Å². The minimum Gasteiger partial charge on any atom is -0.375 e. The lowest BCUT2D eigenvalue weighted by atomic mass is 10.0. The molecular formula is C16H24N2O2. The third-order valence-electron chi connectivity index (χ3n) is 3.83. The molecule has 4 nitrogen and oxygen atoms in total. The summed E-state index contributed by atoms with van der Waals surface area (Å²) in [6.45, 7) is 4.85. The van der Waals surface area contributed by atoms with Crippen molar-refractivity contribution in [2.24, 2.45) is 0 Å². The standard InChI is InChI=1S/C16H24N2O2/c1-13-3-5-14(6-4-13)11-17-15-7-9-18(10-8-15)16(19)12-20-2/h3-6,15,17H,7-12H2,1-2H3. The van der Waals surface area contributed by atoms with Crippen molar-refractivity contribution >= 4 is 5.91 Å². The van der Waals surface area contributed by atoms with Crippen LogP contribution < -0.4 is 5.32 Å². The number of carbonyl (C=O) groups excluding carboxylic acids is 1. The molecule has 20 heavy (non-hydrogen) atoms. The zero-order valence-corrected chi connectivity index (χ0v) is 12.4. The van der Waals surface area contributed by atoms with Gasteiger partial charge in [0.2, 0.25) is 5.91 Å². The molecule has 1 saturated heterocycles. The fourth-order valence-corrected chi connectivity index (χ4v) is 2.52. The zero-order valence-electron chi connectivity index (χ0n) is 12.4. The molecule has 1 fully saturated rings. The molecule has 4 heteroatoms. The number of nitrogens with one attached hydrogen (secondary N) is 1. The fourth-order valence-electron chi connectivity index (χ4n) is 2.52. The van der Waals surface area contributed by atoms with E-state index < -0.39 is 0 Å². The average molecular weight is 276 g/mol. The van der Waals surface area contributed by atoms with Crippen molar-refractivity contribution in [1.29, 1.82) is 0 Å². The Morgan fingerprint density at radius 3 is 2.55 bits per heavy atom. The van der Waals surface area contributed by atoms with Crippen LogP contribution in [0, 0.1) is 6.92 Å². The number of ether oxygens (including phenoxy) is 1. The number of aryl methyl sites for hydroxylation is 1. The van der Waals surface area contributed by atoms with Crippen LogP contribution in [0.4, 0.5) is 0 Å². The van der Waals surface area contributed by atoms with Gasteiger partial charge in [0.15, 0.2) is 0 Å². The van der Waals surface area contributed by atoms with Crippen molar-refractivity contribution in [3.05, 3.63) is 35.4 Å². The minimum absolute atomic E-state index is 0.101. The molecule has 0 spiro atoms. The molecule has 0 aromatic heterocycles. The first-order chi connectivity index (χ1) is 9.69. The highest BCUT2D eigenvalue weighted by Crippen LogP contribution is 2.12. The van der Waals surface area contributed by atoms with Crippen molar-refractivity contribution in [3.63, 3.8) is 0 Å². The van der Waals surface area contributed by atoms with Crippen molar-refractivity contribution in [2.75, 3.05) is 26.8 Å². The van der Waals surface area contributed by atoms with E-state index in [1.165, 1.54) is 11.1 Å². The van der Waals surface area contributed by atoms with E-state index in [1.807, 2.05) is 4.90 Å². The Morgan fingerprint density at radius 1 is 1.30 bits per heavy atom. The van der Waals surface area contributed by atoms with E-state index in [0.717, 1.165) is 32.5 Å². The van der Waals surface area contributed by atoms with Crippen molar-refractivity contribution in [3.8, 4) is 0 Å². The number of benzene rings is 1. The van der Waals surface area contributed by atoms with Gasteiger partial charge in [0, 0.05) is 32.8 Å². The first-order valence-electron chi connectivity index (χ1n) is 7.24. The maximum Gasteiger partial charge on any atom is 0.248 e. The molecule has 1 heterocycles. The second kappa shape index (κ2) is 7.41. The van der Waals surface area contributed by atoms with E-state index in [9.17, 15) is 4.79 Å². The number of likely N-dealkylation sites (tertiary alicyclic amines) is 1. The molecule has 110 valence electrons. The van der Waals surface area contributed by atoms with Crippen LogP contribution in [0.2, 0.25) is 0 Å². The normalized spacial score (nSPS) is 16.4. The number of hydrogen-bond donors (Lipinski definition) is 1. The highest BCUT2D eigenvalue weighted by molar-refractivity contribution is 5.77. The van der Waals surface area contributed by atoms with Crippen molar-refractivity contribution in [1.82, 2.24) is 10.2 Å². The van der Waals surface area contributed by atoms with Crippen LogP contribution in [0.3, 0.4) is 0 Å². The fraction of sp³-hybridized carbons (Fsp3) is 0.562. The lowest BCUT2D eigenvalue weighted by Gasteiger charge is -2.32. The van der Waals surface area contributed by atoms with Crippen LogP contribution in [0.25, 0.3) is 0 Å². The smallest absolute Gasteiger partial charge is 0.248 e. The largest absolute Gasteiger partial charge is 0.375 e. The average Bonchev–Trinajstić information content (AvgIpc) is 2.47. The number of piperidine rings is 1. The molecular weight excluding hydrogens is 252 g/mol. The van der Waals surface area contributed by atoms with E-state index in [4.69, 9.17) is 4.74 Å². The number of rotatable bonds is 5. The Kier molecular flexibility index (Phi) is 5.56. The van der Waals surface area contributed by atoms with Gasteiger partial charge < -0.3 is 15.0 Å². The Labute approximate surface area is 121 Å². The SMILES string of the molecule is COCC(=O)N1CCC(NCc2ccc(C)cc2)CC1. The molecule has 1 aromatic carbocycles. The summed E-state index contributed by atoms with van der Waals surface area (Å²) in [5, 5.41) is 3.58. The summed E-state index contributed by atoms with van der Waals surface area (Å²) in [5.74, 6) is 0.101. The molecule has 0 unspecified atom stereocenters. The molecule has 1 aliphatic rings. The second-order valence-electron chi connectivity index (χ2n) is 5.45. The minimum atomic E-state index is 0.101. The van der Waals surface area contributed by atoms with E-state index in [0.29, 0.717) is 6.04 Å². The predicted octanol–water partition coefficient (Wildman–Crippen LogP) is 1.72. The molecule has 0 bridgehead atoms. The van der Waals surface area contributed by atoms with Gasteiger partial charge in [0.05, 0.1) is 0 Å². The van der Waals surface area contributed by atoms with Gasteiger partial charge in [0.25, 0.3) is 0 Å². The molecule has 2 rings (SSSR count). The van der Waals surface area contributed by atoms with Gasteiger partial charge in [-0.05, 0) is 25.3 Å². The third kappa shape index (κ3) is 4.32. The number of amides is 1. The summed E-state index contributed by atoms with van der Waals surface area (Å²) in [5.41, 5.74) is 2.60. The number of carbonyl (C=O) groups is 1. The molecule has 0 saturated carbocycles. The van der Waals surface area contributed by atoms with Crippen LogP contribution in [-0.4, -0.2) is 43.7 Å². The van der Waals surface area contributed by atoms with Crippen LogP contribution >= 0.6 is 0 Å². The molecule has 1 N–H and O–H groups in total. The topological polar surface area (TPSA) is 41.6 Å². The Balaban J connectivity index is 1.72. The highest BCUT2D eigenvalue weighted by Gasteiger charge is 2.21. The van der Waals surface area contributed by atoms with Gasteiger partial charge >= 0.3 is 0 Å². The summed E-state index contributed by atoms with van der Waals surface area (Å²) in [7, 11) is 1.56. The number of hydrogen-bond acceptors (Lipinski definition) is 3. The third-order valence-corrected chi connectivity index (χ3v) is 3.83. The van der Waals surface area contributed by atoms with Crippen molar-refractivity contribution in [2.45, 2.75) is 32.4 Å². The summed E-state index contributed by atoms with van der Waals surface area (Å²) < 4.78 is 4.89. The summed E-state index contributed by atoms with van der Waals surface area (Å²) >= 11 is 0. The molecule has 1 aliphatic heterocycles. The molecule has 0 radical (unpaired) electrons. The van der Waals surface area contributed by atoms with Gasteiger partial charge in [-0.1, -0.05) is 29.8 Å². The summed E-state index contributed by atoms with van der Waals surface area (Å²) in [6, 6.07) is 9.12. The maximum absolute atomic E-state index is 11.7. The molecule has 1 amide bonds. The lowest BCUT2D eigenvalue weighted by Crippen LogP contribution is -2.45. The van der Waals surface area contributed by atoms with Gasteiger partial charge in [-0.2, -0.15) is 0 Å². The first-order valence-corrected chi connectivity index (χ1v) is 7.24. The molecule has 0 atom stereocenters. The Morgan fingerprint density at radius 2 is 1.95 bits per heavy atom. The monoisotopic (exact) mass is 276 g/mol. The van der Waals surface area contributed by atoms with Crippen LogP contribution in [0.5, 0.6) is 0 Å². The zero-order chi connectivity index (χ0) is 14.4. The van der Waals surface area contributed by atoms with E-state index in [1.54, 1.807) is 7.11 Å². The highest BCUT2D eigenvalue weighted by atomic mass is 16.5. The van der Waals surface area contributed by atoms with Crippen LogP contribution in [-0.2, 0) is 16.1 Å². The summed E-state index contributed by atoms with van der Waals surface area (Å²) in [6.07, 6.45) is 2.03. The second-order valence-corrected chi connectivity index (χ2v) is 5.45. The Bertz CT molecular complexity index is 423. The van der Waals surface area contributed by atoms with Crippen LogP contribution in [0.15, 0.2) is 24.3 Å². The van der Waals surface area contributed by atoms with Gasteiger partial charge in [-0.25, -0.2) is 0 Å². The maximum atomic E-state index is 11.7. The Hall–Kier alpha value is -1.39. The van der Waals surface area contributed by atoms with Gasteiger partial charge in [-0.15, -0.1) is 0 Å². The quantitative estimate of drug-likeness (QED) is 0.890. The van der Waals surface area contributed by atoms with Crippen LogP contribution in [0.1, 0.15) is 24.0 Å². The number of nitrogens with zero attached hydrogens (tertiary/aromatic N) is 1. The lowest BCUT2D eigenvalue weighted by molar-refractivity contribution is -0.136.